The summed E-state index contributed by atoms with van der Waals surface area (Å²) in [5, 5.41) is 3.47. The summed E-state index contributed by atoms with van der Waals surface area (Å²) in [5.74, 6) is -0.362. The first-order valence-corrected chi connectivity index (χ1v) is 5.69. The van der Waals surface area contributed by atoms with Gasteiger partial charge in [0.15, 0.2) is 0 Å². The SMILES string of the molecule is CC1(CNCc2ccc(Cl)c(F)c2)COC1. The summed E-state index contributed by atoms with van der Waals surface area (Å²) in [6.45, 7) is 5.32. The van der Waals surface area contributed by atoms with Crippen LogP contribution in [0.25, 0.3) is 0 Å². The van der Waals surface area contributed by atoms with Gasteiger partial charge in [-0.25, -0.2) is 4.39 Å². The highest BCUT2D eigenvalue weighted by molar-refractivity contribution is 6.30. The molecule has 0 spiro atoms. The van der Waals surface area contributed by atoms with E-state index in [9.17, 15) is 4.39 Å². The number of hydrogen-bond donors (Lipinski definition) is 1. The first kappa shape index (κ1) is 11.8. The predicted octanol–water partition coefficient (Wildman–Crippen LogP) is 2.61. The third-order valence-electron chi connectivity index (χ3n) is 2.77. The van der Waals surface area contributed by atoms with Gasteiger partial charge in [0.05, 0.1) is 18.2 Å². The van der Waals surface area contributed by atoms with Crippen LogP contribution in [0.15, 0.2) is 18.2 Å². The fraction of sp³-hybridized carbons (Fsp3) is 0.500. The van der Waals surface area contributed by atoms with Crippen LogP contribution >= 0.6 is 11.6 Å². The van der Waals surface area contributed by atoms with Crippen LogP contribution in [-0.2, 0) is 11.3 Å². The lowest BCUT2D eigenvalue weighted by molar-refractivity contribution is -0.0991. The molecule has 0 radical (unpaired) electrons. The van der Waals surface area contributed by atoms with Crippen molar-refractivity contribution in [2.75, 3.05) is 19.8 Å². The molecule has 4 heteroatoms. The van der Waals surface area contributed by atoms with E-state index in [0.29, 0.717) is 6.54 Å². The molecule has 0 atom stereocenters. The maximum absolute atomic E-state index is 13.1. The van der Waals surface area contributed by atoms with Crippen molar-refractivity contribution in [3.8, 4) is 0 Å². The van der Waals surface area contributed by atoms with Gasteiger partial charge >= 0.3 is 0 Å². The third-order valence-corrected chi connectivity index (χ3v) is 3.07. The summed E-state index contributed by atoms with van der Waals surface area (Å²) in [6.07, 6.45) is 0. The minimum atomic E-state index is -0.362. The first-order chi connectivity index (χ1) is 7.59. The average Bonchev–Trinajstić information content (AvgIpc) is 2.21. The van der Waals surface area contributed by atoms with Crippen LogP contribution in [0.3, 0.4) is 0 Å². The molecule has 1 aromatic carbocycles. The zero-order valence-electron chi connectivity index (χ0n) is 9.22. The number of hydrogen-bond acceptors (Lipinski definition) is 2. The Kier molecular flexibility index (Phi) is 3.47. The van der Waals surface area contributed by atoms with Gasteiger partial charge < -0.3 is 10.1 Å². The summed E-state index contributed by atoms with van der Waals surface area (Å²) in [4.78, 5) is 0. The Labute approximate surface area is 99.7 Å². The van der Waals surface area contributed by atoms with E-state index < -0.39 is 0 Å². The van der Waals surface area contributed by atoms with Gasteiger partial charge in [-0.15, -0.1) is 0 Å². The molecule has 1 N–H and O–H groups in total. The molecule has 1 fully saturated rings. The van der Waals surface area contributed by atoms with Gasteiger partial charge in [-0.2, -0.15) is 0 Å². The molecule has 2 nitrogen and oxygen atoms in total. The molecule has 0 bridgehead atoms. The van der Waals surface area contributed by atoms with Gasteiger partial charge in [-0.3, -0.25) is 0 Å². The van der Waals surface area contributed by atoms with Crippen molar-refractivity contribution in [3.63, 3.8) is 0 Å². The number of nitrogens with one attached hydrogen (secondary N) is 1. The third kappa shape index (κ3) is 2.73. The quantitative estimate of drug-likeness (QED) is 0.878. The van der Waals surface area contributed by atoms with Crippen LogP contribution in [0.5, 0.6) is 0 Å². The van der Waals surface area contributed by atoms with Gasteiger partial charge in [-0.05, 0) is 17.7 Å². The van der Waals surface area contributed by atoms with E-state index in [1.54, 1.807) is 6.07 Å². The van der Waals surface area contributed by atoms with Gasteiger partial charge in [-0.1, -0.05) is 24.6 Å². The first-order valence-electron chi connectivity index (χ1n) is 5.31. The zero-order valence-corrected chi connectivity index (χ0v) is 9.98. The molecule has 88 valence electrons. The Bertz CT molecular complexity index is 379. The summed E-state index contributed by atoms with van der Waals surface area (Å²) in [7, 11) is 0. The van der Waals surface area contributed by atoms with Gasteiger partial charge in [0.25, 0.3) is 0 Å². The number of rotatable bonds is 4. The second-order valence-corrected chi connectivity index (χ2v) is 5.06. The Morgan fingerprint density at radius 1 is 1.50 bits per heavy atom. The number of benzene rings is 1. The van der Waals surface area contributed by atoms with Crippen LogP contribution in [0.2, 0.25) is 5.02 Å². The highest BCUT2D eigenvalue weighted by Gasteiger charge is 2.32. The number of halogens is 2. The summed E-state index contributed by atoms with van der Waals surface area (Å²) in [5.41, 5.74) is 1.15. The lowest BCUT2D eigenvalue weighted by atomic mass is 9.89. The highest BCUT2D eigenvalue weighted by Crippen LogP contribution is 2.25. The normalized spacial score (nSPS) is 18.2. The Hall–Kier alpha value is -0.640. The summed E-state index contributed by atoms with van der Waals surface area (Å²) >= 11 is 5.61. The van der Waals surface area contributed by atoms with Gasteiger partial charge in [0.2, 0.25) is 0 Å². The number of ether oxygens (including phenoxy) is 1. The second-order valence-electron chi connectivity index (χ2n) is 4.66. The van der Waals surface area contributed by atoms with E-state index in [1.807, 2.05) is 6.07 Å². The van der Waals surface area contributed by atoms with Crippen molar-refractivity contribution >= 4 is 11.6 Å². The summed E-state index contributed by atoms with van der Waals surface area (Å²) in [6, 6.07) is 4.88. The molecule has 0 saturated carbocycles. The molecule has 1 saturated heterocycles. The molecule has 0 unspecified atom stereocenters. The van der Waals surface area contributed by atoms with Gasteiger partial charge in [0.1, 0.15) is 5.82 Å². The molecule has 1 aromatic rings. The highest BCUT2D eigenvalue weighted by atomic mass is 35.5. The molecule has 0 aromatic heterocycles. The predicted molar refractivity (Wildman–Crippen MR) is 62.0 cm³/mol. The van der Waals surface area contributed by atoms with E-state index in [4.69, 9.17) is 16.3 Å². The molecule has 1 heterocycles. The molecule has 2 rings (SSSR count). The van der Waals surface area contributed by atoms with Crippen molar-refractivity contribution in [1.29, 1.82) is 0 Å². The maximum atomic E-state index is 13.1. The minimum absolute atomic E-state index is 0.170. The molecule has 1 aliphatic heterocycles. The molecular weight excluding hydrogens is 229 g/mol. The largest absolute Gasteiger partial charge is 0.380 e. The standard InChI is InChI=1S/C12H15ClFNO/c1-12(7-16-8-12)6-15-5-9-2-3-10(13)11(14)4-9/h2-4,15H,5-8H2,1H3. The smallest absolute Gasteiger partial charge is 0.142 e. The van der Waals surface area contributed by atoms with Crippen LogP contribution in [0, 0.1) is 11.2 Å². The van der Waals surface area contributed by atoms with E-state index in [-0.39, 0.29) is 16.3 Å². The lowest BCUT2D eigenvalue weighted by Crippen LogP contribution is -2.47. The van der Waals surface area contributed by atoms with Gasteiger partial charge in [0, 0.05) is 18.5 Å². The van der Waals surface area contributed by atoms with Crippen LogP contribution in [0.4, 0.5) is 4.39 Å². The van der Waals surface area contributed by atoms with E-state index in [0.717, 1.165) is 25.3 Å². The zero-order chi connectivity index (χ0) is 11.6. The Morgan fingerprint density at radius 3 is 2.81 bits per heavy atom. The average molecular weight is 244 g/mol. The topological polar surface area (TPSA) is 21.3 Å². The van der Waals surface area contributed by atoms with E-state index in [1.165, 1.54) is 6.07 Å². The molecular formula is C12H15ClFNO. The second kappa shape index (κ2) is 4.70. The van der Waals surface area contributed by atoms with Crippen LogP contribution in [-0.4, -0.2) is 19.8 Å². The Morgan fingerprint density at radius 2 is 2.25 bits per heavy atom. The summed E-state index contributed by atoms with van der Waals surface area (Å²) < 4.78 is 18.3. The molecule has 0 aliphatic carbocycles. The molecule has 1 aliphatic rings. The lowest BCUT2D eigenvalue weighted by Gasteiger charge is -2.38. The van der Waals surface area contributed by atoms with E-state index in [2.05, 4.69) is 12.2 Å². The van der Waals surface area contributed by atoms with Crippen molar-refractivity contribution in [1.82, 2.24) is 5.32 Å². The molecule has 0 amide bonds. The monoisotopic (exact) mass is 243 g/mol. The maximum Gasteiger partial charge on any atom is 0.142 e. The molecule has 16 heavy (non-hydrogen) atoms. The van der Waals surface area contributed by atoms with Crippen molar-refractivity contribution in [2.45, 2.75) is 13.5 Å². The van der Waals surface area contributed by atoms with E-state index >= 15 is 0 Å². The fourth-order valence-corrected chi connectivity index (χ4v) is 1.83. The fourth-order valence-electron chi connectivity index (χ4n) is 1.71. The van der Waals surface area contributed by atoms with Crippen molar-refractivity contribution < 1.29 is 9.13 Å². The van der Waals surface area contributed by atoms with Crippen molar-refractivity contribution in [2.24, 2.45) is 5.41 Å². The van der Waals surface area contributed by atoms with Crippen LogP contribution in [0.1, 0.15) is 12.5 Å². The Balaban J connectivity index is 1.83. The van der Waals surface area contributed by atoms with Crippen molar-refractivity contribution in [3.05, 3.63) is 34.6 Å². The van der Waals surface area contributed by atoms with Crippen LogP contribution < -0.4 is 5.32 Å². The minimum Gasteiger partial charge on any atom is -0.380 e.